The van der Waals surface area contributed by atoms with Gasteiger partial charge in [0, 0.05) is 29.8 Å². The van der Waals surface area contributed by atoms with E-state index in [2.05, 4.69) is 21.7 Å². The molecule has 0 amide bonds. The Kier molecular flexibility index (Phi) is 2.75. The molecule has 0 N–H and O–H groups in total. The highest BCUT2D eigenvalue weighted by atomic mass is 16.3. The standard InChI is InChI=1S/C18H13N2O/c1-2-6-15(7-3-1)20-12-10-14(11-13-20)18-19-16-8-4-5-9-17(16)21-18/h1-13H/q+1. The SMILES string of the molecule is c1ccc(-[n+]2ccc(-c3nc4ccccc4o3)cc2)cc1. The molecule has 3 heteroatoms. The molecule has 21 heavy (non-hydrogen) atoms. The Bertz CT molecular complexity index is 847. The number of hydrogen-bond donors (Lipinski definition) is 0. The Morgan fingerprint density at radius 1 is 0.762 bits per heavy atom. The van der Waals surface area contributed by atoms with Crippen molar-refractivity contribution >= 4 is 11.1 Å². The van der Waals surface area contributed by atoms with E-state index in [0.717, 1.165) is 22.4 Å². The first-order valence-electron chi connectivity index (χ1n) is 6.83. The minimum Gasteiger partial charge on any atom is -0.436 e. The Morgan fingerprint density at radius 3 is 2.24 bits per heavy atom. The van der Waals surface area contributed by atoms with Crippen molar-refractivity contribution in [2.75, 3.05) is 0 Å². The van der Waals surface area contributed by atoms with Crippen molar-refractivity contribution in [1.82, 2.24) is 4.98 Å². The second-order valence-electron chi connectivity index (χ2n) is 4.82. The lowest BCUT2D eigenvalue weighted by molar-refractivity contribution is -0.595. The van der Waals surface area contributed by atoms with Gasteiger partial charge in [0.15, 0.2) is 18.0 Å². The molecular weight excluding hydrogens is 260 g/mol. The monoisotopic (exact) mass is 273 g/mol. The van der Waals surface area contributed by atoms with E-state index in [4.69, 9.17) is 4.42 Å². The van der Waals surface area contributed by atoms with Crippen LogP contribution in [0, 0.1) is 0 Å². The average Bonchev–Trinajstić information content (AvgIpc) is 3.00. The fourth-order valence-corrected chi connectivity index (χ4v) is 2.34. The molecule has 100 valence electrons. The smallest absolute Gasteiger partial charge is 0.227 e. The Labute approximate surface area is 122 Å². The number of hydrogen-bond acceptors (Lipinski definition) is 2. The quantitative estimate of drug-likeness (QED) is 0.520. The van der Waals surface area contributed by atoms with Gasteiger partial charge < -0.3 is 4.42 Å². The summed E-state index contributed by atoms with van der Waals surface area (Å²) in [4.78, 5) is 4.51. The van der Waals surface area contributed by atoms with Crippen molar-refractivity contribution in [2.45, 2.75) is 0 Å². The van der Waals surface area contributed by atoms with Gasteiger partial charge in [0.2, 0.25) is 11.6 Å². The maximum Gasteiger partial charge on any atom is 0.227 e. The lowest BCUT2D eigenvalue weighted by Gasteiger charge is -1.96. The van der Waals surface area contributed by atoms with Gasteiger partial charge in [-0.2, -0.15) is 4.57 Å². The molecule has 2 aromatic heterocycles. The molecule has 0 radical (unpaired) electrons. The molecule has 0 aliphatic rings. The molecule has 0 aliphatic carbocycles. The fraction of sp³-hybridized carbons (Fsp3) is 0. The number of para-hydroxylation sites is 3. The molecule has 0 spiro atoms. The van der Waals surface area contributed by atoms with Gasteiger partial charge >= 0.3 is 0 Å². The summed E-state index contributed by atoms with van der Waals surface area (Å²) in [7, 11) is 0. The van der Waals surface area contributed by atoms with Gasteiger partial charge in [0.1, 0.15) is 5.52 Å². The molecule has 4 rings (SSSR count). The van der Waals surface area contributed by atoms with Crippen LogP contribution in [0.25, 0.3) is 28.2 Å². The molecule has 0 saturated heterocycles. The van der Waals surface area contributed by atoms with Crippen LogP contribution >= 0.6 is 0 Å². The largest absolute Gasteiger partial charge is 0.436 e. The van der Waals surface area contributed by atoms with Crippen LogP contribution in [-0.4, -0.2) is 4.98 Å². The molecule has 0 saturated carbocycles. The van der Waals surface area contributed by atoms with Crippen molar-refractivity contribution < 1.29 is 8.98 Å². The summed E-state index contributed by atoms with van der Waals surface area (Å²) in [5.41, 5.74) is 3.79. The predicted octanol–water partition coefficient (Wildman–Crippen LogP) is 3.77. The lowest BCUT2D eigenvalue weighted by Crippen LogP contribution is -2.28. The van der Waals surface area contributed by atoms with Crippen LogP contribution < -0.4 is 4.57 Å². The van der Waals surface area contributed by atoms with E-state index in [-0.39, 0.29) is 0 Å². The molecule has 0 aliphatic heterocycles. The maximum absolute atomic E-state index is 5.78. The van der Waals surface area contributed by atoms with Crippen LogP contribution in [0.15, 0.2) is 83.5 Å². The maximum atomic E-state index is 5.78. The first kappa shape index (κ1) is 11.9. The highest BCUT2D eigenvalue weighted by Crippen LogP contribution is 2.23. The second-order valence-corrected chi connectivity index (χ2v) is 4.82. The Hall–Kier alpha value is -2.94. The minimum atomic E-state index is 0.649. The number of rotatable bonds is 2. The van der Waals surface area contributed by atoms with Crippen LogP contribution in [0.5, 0.6) is 0 Å². The van der Waals surface area contributed by atoms with Crippen LogP contribution in [0.2, 0.25) is 0 Å². The van der Waals surface area contributed by atoms with Crippen LogP contribution in [0.3, 0.4) is 0 Å². The molecule has 0 atom stereocenters. The zero-order valence-electron chi connectivity index (χ0n) is 11.3. The topological polar surface area (TPSA) is 29.9 Å². The zero-order valence-corrected chi connectivity index (χ0v) is 11.3. The van der Waals surface area contributed by atoms with E-state index in [9.17, 15) is 0 Å². The molecule has 0 fully saturated rings. The van der Waals surface area contributed by atoms with E-state index in [1.807, 2.05) is 67.0 Å². The molecule has 2 heterocycles. The number of nitrogens with zero attached hydrogens (tertiary/aromatic N) is 2. The first-order valence-corrected chi connectivity index (χ1v) is 6.83. The van der Waals surface area contributed by atoms with Crippen LogP contribution in [0.1, 0.15) is 0 Å². The highest BCUT2D eigenvalue weighted by Gasteiger charge is 2.10. The first-order chi connectivity index (χ1) is 10.4. The van der Waals surface area contributed by atoms with E-state index < -0.39 is 0 Å². The van der Waals surface area contributed by atoms with E-state index in [1.54, 1.807) is 0 Å². The summed E-state index contributed by atoms with van der Waals surface area (Å²) in [6.07, 6.45) is 4.03. The van der Waals surface area contributed by atoms with Crippen LogP contribution in [0.4, 0.5) is 0 Å². The predicted molar refractivity (Wildman–Crippen MR) is 81.0 cm³/mol. The van der Waals surface area contributed by atoms with Gasteiger partial charge in [0.25, 0.3) is 0 Å². The summed E-state index contributed by atoms with van der Waals surface area (Å²) in [5, 5.41) is 0. The van der Waals surface area contributed by atoms with Gasteiger partial charge in [-0.1, -0.05) is 30.3 Å². The molecule has 3 nitrogen and oxygen atoms in total. The fourth-order valence-electron chi connectivity index (χ4n) is 2.34. The van der Waals surface area contributed by atoms with Crippen molar-refractivity contribution in [3.8, 4) is 17.1 Å². The molecule has 0 bridgehead atoms. The van der Waals surface area contributed by atoms with Gasteiger partial charge in [-0.05, 0) is 12.1 Å². The third kappa shape index (κ3) is 2.19. The van der Waals surface area contributed by atoms with E-state index in [1.165, 1.54) is 0 Å². The van der Waals surface area contributed by atoms with Crippen molar-refractivity contribution in [3.63, 3.8) is 0 Å². The number of fused-ring (bicyclic) bond motifs is 1. The van der Waals surface area contributed by atoms with E-state index in [0.29, 0.717) is 5.89 Å². The van der Waals surface area contributed by atoms with E-state index >= 15 is 0 Å². The normalized spacial score (nSPS) is 10.9. The molecule has 0 unspecified atom stereocenters. The van der Waals surface area contributed by atoms with Gasteiger partial charge in [-0.15, -0.1) is 0 Å². The Morgan fingerprint density at radius 2 is 1.48 bits per heavy atom. The van der Waals surface area contributed by atoms with Crippen molar-refractivity contribution in [3.05, 3.63) is 79.1 Å². The minimum absolute atomic E-state index is 0.649. The summed E-state index contributed by atoms with van der Waals surface area (Å²) in [5.74, 6) is 0.649. The summed E-state index contributed by atoms with van der Waals surface area (Å²) in [6, 6.07) is 22.0. The zero-order chi connectivity index (χ0) is 14.1. The lowest BCUT2D eigenvalue weighted by atomic mass is 10.2. The van der Waals surface area contributed by atoms with Gasteiger partial charge in [-0.3, -0.25) is 0 Å². The molecule has 2 aromatic carbocycles. The highest BCUT2D eigenvalue weighted by molar-refractivity contribution is 5.75. The Balaban J connectivity index is 1.73. The summed E-state index contributed by atoms with van der Waals surface area (Å²) < 4.78 is 7.84. The average molecular weight is 273 g/mol. The number of aromatic nitrogens is 2. The number of benzene rings is 2. The third-order valence-corrected chi connectivity index (χ3v) is 3.42. The summed E-state index contributed by atoms with van der Waals surface area (Å²) in [6.45, 7) is 0. The third-order valence-electron chi connectivity index (χ3n) is 3.42. The van der Waals surface area contributed by atoms with Gasteiger partial charge in [0.05, 0.1) is 0 Å². The molecule has 4 aromatic rings. The van der Waals surface area contributed by atoms with Crippen molar-refractivity contribution in [1.29, 1.82) is 0 Å². The summed E-state index contributed by atoms with van der Waals surface area (Å²) >= 11 is 0. The number of oxazole rings is 1. The van der Waals surface area contributed by atoms with Crippen molar-refractivity contribution in [2.24, 2.45) is 0 Å². The van der Waals surface area contributed by atoms with Crippen LogP contribution in [-0.2, 0) is 0 Å². The number of pyridine rings is 1. The van der Waals surface area contributed by atoms with Gasteiger partial charge in [-0.25, -0.2) is 4.98 Å². The molecular formula is C18H13N2O+. The second kappa shape index (κ2) is 4.87.